The lowest BCUT2D eigenvalue weighted by Crippen LogP contribution is -2.39. The van der Waals surface area contributed by atoms with E-state index in [1.807, 2.05) is 4.90 Å². The molecule has 1 aliphatic heterocycles. The van der Waals surface area contributed by atoms with Crippen LogP contribution in [0.1, 0.15) is 58.6 Å². The molecule has 22 heavy (non-hydrogen) atoms. The quantitative estimate of drug-likeness (QED) is 0.870. The Kier molecular flexibility index (Phi) is 4.81. The highest BCUT2D eigenvalue weighted by atomic mass is 32.1. The van der Waals surface area contributed by atoms with Crippen LogP contribution in [0.5, 0.6) is 0 Å². The molecular formula is C17H24N2O2S. The number of likely N-dealkylation sites (tertiary alicyclic amines) is 1. The summed E-state index contributed by atoms with van der Waals surface area (Å²) in [5.41, 5.74) is 6.66. The van der Waals surface area contributed by atoms with Crippen molar-refractivity contribution in [3.63, 3.8) is 0 Å². The average Bonchev–Trinajstić information content (AvgIpc) is 2.78. The minimum Gasteiger partial charge on any atom is -0.370 e. The van der Waals surface area contributed by atoms with Crippen molar-refractivity contribution in [1.29, 1.82) is 0 Å². The van der Waals surface area contributed by atoms with Gasteiger partial charge in [-0.1, -0.05) is 6.42 Å². The van der Waals surface area contributed by atoms with Crippen LogP contribution < -0.4 is 5.73 Å². The molecule has 3 rings (SSSR count). The molecule has 0 bridgehead atoms. The molecule has 0 spiro atoms. The lowest BCUT2D eigenvalue weighted by molar-refractivity contribution is -0.119. The van der Waals surface area contributed by atoms with Crippen LogP contribution in [0, 0.1) is 5.92 Å². The molecule has 0 atom stereocenters. The number of hydrogen-bond acceptors (Lipinski definition) is 3. The topological polar surface area (TPSA) is 63.4 Å². The van der Waals surface area contributed by atoms with Gasteiger partial charge in [-0.25, -0.2) is 0 Å². The predicted molar refractivity (Wildman–Crippen MR) is 88.0 cm³/mol. The van der Waals surface area contributed by atoms with Gasteiger partial charge in [-0.15, -0.1) is 11.3 Å². The lowest BCUT2D eigenvalue weighted by Gasteiger charge is -2.31. The Labute approximate surface area is 135 Å². The molecule has 120 valence electrons. The van der Waals surface area contributed by atoms with Crippen LogP contribution in [0.25, 0.3) is 0 Å². The molecule has 4 nitrogen and oxygen atoms in total. The van der Waals surface area contributed by atoms with Gasteiger partial charge in [0.15, 0.2) is 0 Å². The van der Waals surface area contributed by atoms with Gasteiger partial charge in [0.2, 0.25) is 5.91 Å². The fraction of sp³-hybridized carbons (Fsp3) is 0.647. The number of nitrogens with zero attached hydrogens (tertiary/aromatic N) is 1. The molecule has 0 radical (unpaired) electrons. The highest BCUT2D eigenvalue weighted by molar-refractivity contribution is 7.14. The van der Waals surface area contributed by atoms with Crippen LogP contribution in [0.15, 0.2) is 6.07 Å². The minimum atomic E-state index is -0.230. The molecule has 2 amide bonds. The highest BCUT2D eigenvalue weighted by Gasteiger charge is 2.26. The standard InChI is InChI=1S/C17H24N2O2S/c18-16(20)10-12-6-8-19(9-7-12)17(21)15-11-13-4-2-1-3-5-14(13)22-15/h11-12H,1-10H2,(H2,18,20). The first-order valence-corrected chi connectivity index (χ1v) is 9.14. The molecule has 0 aromatic carbocycles. The number of rotatable bonds is 3. The molecular weight excluding hydrogens is 296 g/mol. The van der Waals surface area contributed by atoms with Gasteiger partial charge in [0, 0.05) is 24.4 Å². The maximum atomic E-state index is 12.7. The third-order valence-electron chi connectivity index (χ3n) is 4.85. The van der Waals surface area contributed by atoms with Crippen LogP contribution in [0.4, 0.5) is 0 Å². The van der Waals surface area contributed by atoms with E-state index in [0.717, 1.165) is 43.6 Å². The summed E-state index contributed by atoms with van der Waals surface area (Å²) in [7, 11) is 0. The van der Waals surface area contributed by atoms with Crippen molar-refractivity contribution in [1.82, 2.24) is 4.90 Å². The first-order valence-electron chi connectivity index (χ1n) is 8.32. The lowest BCUT2D eigenvalue weighted by atomic mass is 9.93. The summed E-state index contributed by atoms with van der Waals surface area (Å²) >= 11 is 1.70. The number of amides is 2. The smallest absolute Gasteiger partial charge is 0.263 e. The van der Waals surface area contributed by atoms with E-state index in [1.165, 1.54) is 29.7 Å². The number of piperidine rings is 1. The van der Waals surface area contributed by atoms with E-state index in [9.17, 15) is 9.59 Å². The second-order valence-electron chi connectivity index (χ2n) is 6.53. The second-order valence-corrected chi connectivity index (χ2v) is 7.66. The average molecular weight is 320 g/mol. The summed E-state index contributed by atoms with van der Waals surface area (Å²) in [5.74, 6) is 0.295. The summed E-state index contributed by atoms with van der Waals surface area (Å²) in [6, 6.07) is 2.13. The van der Waals surface area contributed by atoms with Crippen LogP contribution in [0.2, 0.25) is 0 Å². The van der Waals surface area contributed by atoms with E-state index in [-0.39, 0.29) is 11.8 Å². The first kappa shape index (κ1) is 15.5. The molecule has 1 aromatic rings. The van der Waals surface area contributed by atoms with Gasteiger partial charge in [0.05, 0.1) is 4.88 Å². The molecule has 5 heteroatoms. The number of carbonyl (C=O) groups excluding carboxylic acids is 2. The molecule has 2 heterocycles. The van der Waals surface area contributed by atoms with Gasteiger partial charge >= 0.3 is 0 Å². The van der Waals surface area contributed by atoms with Crippen molar-refractivity contribution in [3.8, 4) is 0 Å². The Balaban J connectivity index is 1.62. The van der Waals surface area contributed by atoms with Crippen LogP contribution in [0.3, 0.4) is 0 Å². The molecule has 2 aliphatic rings. The third-order valence-corrected chi connectivity index (χ3v) is 6.07. The van der Waals surface area contributed by atoms with E-state index < -0.39 is 0 Å². The van der Waals surface area contributed by atoms with Crippen LogP contribution >= 0.6 is 11.3 Å². The fourth-order valence-electron chi connectivity index (χ4n) is 3.55. The van der Waals surface area contributed by atoms with Crippen LogP contribution in [-0.4, -0.2) is 29.8 Å². The first-order chi connectivity index (χ1) is 10.6. The van der Waals surface area contributed by atoms with Crippen molar-refractivity contribution in [2.45, 2.75) is 51.4 Å². The van der Waals surface area contributed by atoms with Gasteiger partial charge in [0.25, 0.3) is 5.91 Å². The summed E-state index contributed by atoms with van der Waals surface area (Å²) in [4.78, 5) is 27.9. The van der Waals surface area contributed by atoms with Gasteiger partial charge < -0.3 is 10.6 Å². The van der Waals surface area contributed by atoms with E-state index in [4.69, 9.17) is 5.73 Å². The van der Waals surface area contributed by atoms with Crippen molar-refractivity contribution in [3.05, 3.63) is 21.4 Å². The van der Waals surface area contributed by atoms with E-state index in [2.05, 4.69) is 6.07 Å². The maximum Gasteiger partial charge on any atom is 0.263 e. The van der Waals surface area contributed by atoms with E-state index >= 15 is 0 Å². The summed E-state index contributed by atoms with van der Waals surface area (Å²) < 4.78 is 0. The number of hydrogen-bond donors (Lipinski definition) is 1. The normalized spacial score (nSPS) is 19.5. The maximum absolute atomic E-state index is 12.7. The molecule has 0 saturated carbocycles. The summed E-state index contributed by atoms with van der Waals surface area (Å²) in [6.07, 6.45) is 8.29. The number of fused-ring (bicyclic) bond motifs is 1. The summed E-state index contributed by atoms with van der Waals surface area (Å²) in [6.45, 7) is 1.50. The second kappa shape index (κ2) is 6.82. The zero-order chi connectivity index (χ0) is 15.5. The van der Waals surface area contributed by atoms with Crippen molar-refractivity contribution < 1.29 is 9.59 Å². The monoisotopic (exact) mass is 320 g/mol. The Morgan fingerprint density at radius 1 is 1.18 bits per heavy atom. The SMILES string of the molecule is NC(=O)CC1CCN(C(=O)c2cc3c(s2)CCCCC3)CC1. The Morgan fingerprint density at radius 2 is 1.91 bits per heavy atom. The zero-order valence-electron chi connectivity index (χ0n) is 13.0. The van der Waals surface area contributed by atoms with E-state index in [1.54, 1.807) is 11.3 Å². The molecule has 2 N–H and O–H groups in total. The molecule has 1 aromatic heterocycles. The van der Waals surface area contributed by atoms with Crippen molar-refractivity contribution in [2.24, 2.45) is 11.7 Å². The Bertz CT molecular complexity index is 536. The van der Waals surface area contributed by atoms with Gasteiger partial charge in [-0.05, 0) is 56.1 Å². The predicted octanol–water partition coefficient (Wildman–Crippen LogP) is 2.74. The Morgan fingerprint density at radius 3 is 2.64 bits per heavy atom. The molecule has 1 fully saturated rings. The number of primary amides is 1. The van der Waals surface area contributed by atoms with E-state index in [0.29, 0.717) is 12.3 Å². The molecule has 1 saturated heterocycles. The Hall–Kier alpha value is -1.36. The van der Waals surface area contributed by atoms with Gasteiger partial charge in [0.1, 0.15) is 0 Å². The third kappa shape index (κ3) is 3.51. The molecule has 1 aliphatic carbocycles. The largest absolute Gasteiger partial charge is 0.370 e. The number of thiophene rings is 1. The molecule has 0 unspecified atom stereocenters. The number of aryl methyl sites for hydroxylation is 2. The minimum absolute atomic E-state index is 0.176. The van der Waals surface area contributed by atoms with Crippen molar-refractivity contribution in [2.75, 3.05) is 13.1 Å². The number of nitrogens with two attached hydrogens (primary N) is 1. The van der Waals surface area contributed by atoms with Crippen molar-refractivity contribution >= 4 is 23.2 Å². The summed E-state index contributed by atoms with van der Waals surface area (Å²) in [5, 5.41) is 0. The van der Waals surface area contributed by atoms with Gasteiger partial charge in [-0.2, -0.15) is 0 Å². The number of carbonyl (C=O) groups is 2. The van der Waals surface area contributed by atoms with Crippen LogP contribution in [-0.2, 0) is 17.6 Å². The zero-order valence-corrected chi connectivity index (χ0v) is 13.8. The highest BCUT2D eigenvalue weighted by Crippen LogP contribution is 2.30. The fourth-order valence-corrected chi connectivity index (χ4v) is 4.77. The van der Waals surface area contributed by atoms with Gasteiger partial charge in [-0.3, -0.25) is 9.59 Å².